The summed E-state index contributed by atoms with van der Waals surface area (Å²) in [7, 11) is 1.53. The molecule has 0 heterocycles. The van der Waals surface area contributed by atoms with E-state index in [9.17, 15) is 0 Å². The van der Waals surface area contributed by atoms with Crippen LogP contribution in [0.2, 0.25) is 5.02 Å². The second kappa shape index (κ2) is 4.87. The smallest absolute Gasteiger partial charge is 0.106 e. The van der Waals surface area contributed by atoms with Crippen LogP contribution in [0.15, 0.2) is 29.4 Å². The Bertz CT molecular complexity index is 299. The van der Waals surface area contributed by atoms with E-state index >= 15 is 0 Å². The van der Waals surface area contributed by atoms with E-state index in [2.05, 4.69) is 9.99 Å². The van der Waals surface area contributed by atoms with Crippen molar-refractivity contribution in [2.75, 3.05) is 7.11 Å². The minimum absolute atomic E-state index is 0.221. The van der Waals surface area contributed by atoms with E-state index < -0.39 is 0 Å². The molecule has 2 nitrogen and oxygen atoms in total. The van der Waals surface area contributed by atoms with Crippen LogP contribution < -0.4 is 0 Å². The number of oxime groups is 1. The second-order valence-electron chi connectivity index (χ2n) is 2.78. The summed E-state index contributed by atoms with van der Waals surface area (Å²) in [5.74, 6) is 0.221. The lowest BCUT2D eigenvalue weighted by atomic mass is 10.0. The third-order valence-electron chi connectivity index (χ3n) is 1.76. The first-order valence-corrected chi connectivity index (χ1v) is 4.44. The van der Waals surface area contributed by atoms with Crippen LogP contribution >= 0.6 is 11.6 Å². The van der Waals surface area contributed by atoms with E-state index in [1.807, 2.05) is 31.2 Å². The number of hydrogen-bond acceptors (Lipinski definition) is 2. The molecule has 0 aromatic heterocycles. The molecule has 0 saturated heterocycles. The van der Waals surface area contributed by atoms with E-state index in [4.69, 9.17) is 11.6 Å². The van der Waals surface area contributed by atoms with Crippen molar-refractivity contribution in [1.82, 2.24) is 0 Å². The maximum Gasteiger partial charge on any atom is 0.106 e. The Morgan fingerprint density at radius 2 is 2.31 bits per heavy atom. The summed E-state index contributed by atoms with van der Waals surface area (Å²) in [6, 6.07) is 7.71. The zero-order valence-corrected chi connectivity index (χ0v) is 8.45. The Morgan fingerprint density at radius 3 is 2.92 bits per heavy atom. The molecule has 0 aliphatic heterocycles. The van der Waals surface area contributed by atoms with Gasteiger partial charge in [0.25, 0.3) is 0 Å². The number of halogens is 1. The van der Waals surface area contributed by atoms with Gasteiger partial charge < -0.3 is 4.84 Å². The van der Waals surface area contributed by atoms with Crippen molar-refractivity contribution in [3.05, 3.63) is 34.9 Å². The molecule has 0 aliphatic rings. The zero-order chi connectivity index (χ0) is 9.68. The predicted octanol–water partition coefficient (Wildman–Crippen LogP) is 3.08. The van der Waals surface area contributed by atoms with Crippen LogP contribution in [0.4, 0.5) is 0 Å². The molecule has 1 atom stereocenters. The molecule has 1 unspecified atom stereocenters. The normalized spacial score (nSPS) is 13.2. The average Bonchev–Trinajstić information content (AvgIpc) is 2.14. The van der Waals surface area contributed by atoms with Gasteiger partial charge in [-0.1, -0.05) is 35.8 Å². The SMILES string of the molecule is CO/N=C/C(C)c1cccc(Cl)c1. The average molecular weight is 198 g/mol. The molecule has 1 aromatic rings. The minimum Gasteiger partial charge on any atom is -0.399 e. The fraction of sp³-hybridized carbons (Fsp3) is 0.300. The summed E-state index contributed by atoms with van der Waals surface area (Å²) in [4.78, 5) is 4.60. The lowest BCUT2D eigenvalue weighted by Crippen LogP contribution is -1.94. The fourth-order valence-corrected chi connectivity index (χ4v) is 1.23. The van der Waals surface area contributed by atoms with Crippen LogP contribution in [-0.4, -0.2) is 13.3 Å². The zero-order valence-electron chi connectivity index (χ0n) is 7.70. The van der Waals surface area contributed by atoms with E-state index in [1.165, 1.54) is 7.11 Å². The summed E-state index contributed by atoms with van der Waals surface area (Å²) >= 11 is 5.85. The third-order valence-corrected chi connectivity index (χ3v) is 2.00. The molecule has 0 spiro atoms. The molecule has 1 aromatic carbocycles. The molecule has 0 saturated carbocycles. The molecule has 0 aliphatic carbocycles. The van der Waals surface area contributed by atoms with Gasteiger partial charge in [0.2, 0.25) is 0 Å². The quantitative estimate of drug-likeness (QED) is 0.539. The fourth-order valence-electron chi connectivity index (χ4n) is 1.03. The summed E-state index contributed by atoms with van der Waals surface area (Å²) in [5.41, 5.74) is 1.13. The molecule has 1 rings (SSSR count). The molecule has 0 N–H and O–H groups in total. The van der Waals surface area contributed by atoms with Gasteiger partial charge in [0.1, 0.15) is 7.11 Å². The summed E-state index contributed by atoms with van der Waals surface area (Å²) in [6.45, 7) is 2.04. The molecule has 70 valence electrons. The van der Waals surface area contributed by atoms with Gasteiger partial charge in [-0.15, -0.1) is 0 Å². The van der Waals surface area contributed by atoms with E-state index in [1.54, 1.807) is 6.21 Å². The van der Waals surface area contributed by atoms with Crippen LogP contribution in [0.5, 0.6) is 0 Å². The van der Waals surface area contributed by atoms with E-state index in [0.29, 0.717) is 0 Å². The maximum atomic E-state index is 5.85. The minimum atomic E-state index is 0.221. The molecule has 0 radical (unpaired) electrons. The van der Waals surface area contributed by atoms with Crippen LogP contribution in [-0.2, 0) is 4.84 Å². The van der Waals surface area contributed by atoms with Crippen molar-refractivity contribution in [2.24, 2.45) is 5.16 Å². The van der Waals surface area contributed by atoms with Crippen molar-refractivity contribution in [2.45, 2.75) is 12.8 Å². The van der Waals surface area contributed by atoms with Gasteiger partial charge in [0, 0.05) is 10.9 Å². The van der Waals surface area contributed by atoms with Gasteiger partial charge in [0.05, 0.1) is 6.21 Å². The second-order valence-corrected chi connectivity index (χ2v) is 3.22. The number of benzene rings is 1. The van der Waals surface area contributed by atoms with Gasteiger partial charge in [-0.2, -0.15) is 0 Å². The van der Waals surface area contributed by atoms with Gasteiger partial charge in [0.15, 0.2) is 0 Å². The molecular weight excluding hydrogens is 186 g/mol. The van der Waals surface area contributed by atoms with Gasteiger partial charge in [-0.05, 0) is 17.7 Å². The van der Waals surface area contributed by atoms with Crippen molar-refractivity contribution >= 4 is 17.8 Å². The summed E-state index contributed by atoms with van der Waals surface area (Å²) in [5, 5.41) is 4.46. The largest absolute Gasteiger partial charge is 0.399 e. The molecular formula is C10H12ClNO. The highest BCUT2D eigenvalue weighted by atomic mass is 35.5. The van der Waals surface area contributed by atoms with Gasteiger partial charge in [-0.25, -0.2) is 0 Å². The monoisotopic (exact) mass is 197 g/mol. The molecule has 3 heteroatoms. The van der Waals surface area contributed by atoms with Crippen LogP contribution in [0.3, 0.4) is 0 Å². The van der Waals surface area contributed by atoms with Crippen LogP contribution in [0.1, 0.15) is 18.4 Å². The number of hydrogen-bond donors (Lipinski definition) is 0. The Morgan fingerprint density at radius 1 is 1.54 bits per heavy atom. The number of rotatable bonds is 3. The first kappa shape index (κ1) is 10.1. The van der Waals surface area contributed by atoms with Crippen molar-refractivity contribution in [3.63, 3.8) is 0 Å². The Kier molecular flexibility index (Phi) is 3.77. The lowest BCUT2D eigenvalue weighted by molar-refractivity contribution is 0.214. The van der Waals surface area contributed by atoms with Crippen molar-refractivity contribution in [1.29, 1.82) is 0 Å². The summed E-state index contributed by atoms with van der Waals surface area (Å²) in [6.07, 6.45) is 1.74. The van der Waals surface area contributed by atoms with Crippen LogP contribution in [0.25, 0.3) is 0 Å². The standard InChI is InChI=1S/C10H12ClNO/c1-8(7-12-13-2)9-4-3-5-10(11)6-9/h3-8H,1-2H3/b12-7+. The first-order valence-electron chi connectivity index (χ1n) is 4.06. The van der Waals surface area contributed by atoms with Crippen molar-refractivity contribution < 1.29 is 4.84 Å². The highest BCUT2D eigenvalue weighted by molar-refractivity contribution is 6.30. The molecule has 0 amide bonds. The van der Waals surface area contributed by atoms with E-state index in [-0.39, 0.29) is 5.92 Å². The van der Waals surface area contributed by atoms with E-state index in [0.717, 1.165) is 10.6 Å². The first-order chi connectivity index (χ1) is 6.24. The Hall–Kier alpha value is -1.02. The van der Waals surface area contributed by atoms with Gasteiger partial charge in [-0.3, -0.25) is 0 Å². The highest BCUT2D eigenvalue weighted by Crippen LogP contribution is 2.17. The topological polar surface area (TPSA) is 21.6 Å². The predicted molar refractivity (Wildman–Crippen MR) is 55.4 cm³/mol. The number of nitrogens with zero attached hydrogens (tertiary/aromatic N) is 1. The lowest BCUT2D eigenvalue weighted by Gasteiger charge is -2.05. The maximum absolute atomic E-state index is 5.85. The summed E-state index contributed by atoms with van der Waals surface area (Å²) < 4.78 is 0. The highest BCUT2D eigenvalue weighted by Gasteiger charge is 2.02. The Labute approximate surface area is 83.2 Å². The molecule has 0 bridgehead atoms. The van der Waals surface area contributed by atoms with Crippen molar-refractivity contribution in [3.8, 4) is 0 Å². The van der Waals surface area contributed by atoms with Gasteiger partial charge >= 0.3 is 0 Å². The Balaban J connectivity index is 2.76. The molecule has 0 fully saturated rings. The molecule has 13 heavy (non-hydrogen) atoms. The van der Waals surface area contributed by atoms with Crippen LogP contribution in [0, 0.1) is 0 Å². The third kappa shape index (κ3) is 3.07.